The third-order valence-corrected chi connectivity index (χ3v) is 9.87. The second-order valence-corrected chi connectivity index (χ2v) is 12.3. The molecule has 33 heavy (non-hydrogen) atoms. The number of rotatable bonds is 10. The van der Waals surface area contributed by atoms with Gasteiger partial charge in [-0.2, -0.15) is 0 Å². The number of aliphatic carboxylic acids is 1. The van der Waals surface area contributed by atoms with E-state index in [0.29, 0.717) is 38.0 Å². The quantitative estimate of drug-likeness (QED) is 0.244. The number of carboxylic acids is 1. The number of fused-ring (bicyclic) bond motifs is 1. The zero-order valence-corrected chi connectivity index (χ0v) is 20.9. The fourth-order valence-corrected chi connectivity index (χ4v) is 8.06. The van der Waals surface area contributed by atoms with Crippen LogP contribution in [0.15, 0.2) is 25.3 Å². The molecule has 2 aliphatic heterocycles. The average molecular weight is 547 g/mol. The van der Waals surface area contributed by atoms with Crippen molar-refractivity contribution in [1.29, 1.82) is 0 Å². The van der Waals surface area contributed by atoms with E-state index < -0.39 is 23.3 Å². The number of nitrogens with one attached hydrogen (secondary N) is 1. The van der Waals surface area contributed by atoms with Gasteiger partial charge in [-0.1, -0.05) is 34.9 Å². The second-order valence-electron chi connectivity index (χ2n) is 6.76. The van der Waals surface area contributed by atoms with Crippen LogP contribution in [0.1, 0.15) is 5.69 Å². The molecular formula is C17H18N6O5S5. The van der Waals surface area contributed by atoms with Crippen molar-refractivity contribution in [2.75, 3.05) is 29.6 Å². The molecule has 2 amide bonds. The van der Waals surface area contributed by atoms with Crippen LogP contribution in [0.4, 0.5) is 5.13 Å². The van der Waals surface area contributed by atoms with Crippen LogP contribution in [0.3, 0.4) is 0 Å². The van der Waals surface area contributed by atoms with Crippen molar-refractivity contribution in [2.45, 2.75) is 26.5 Å². The lowest BCUT2D eigenvalue weighted by atomic mass is 10.0. The third kappa shape index (κ3) is 5.46. The summed E-state index contributed by atoms with van der Waals surface area (Å²) in [4.78, 5) is 42.3. The van der Waals surface area contributed by atoms with Gasteiger partial charge in [0.1, 0.15) is 17.1 Å². The van der Waals surface area contributed by atoms with E-state index in [0.717, 1.165) is 4.34 Å². The standard InChI is InChI=1S/C17H18N6O5S5/c18-15-19-8(6-31-15)3-9(25)20-10-12(26)23-11(14(27)28)7(4-30-13(10)23)5-32-17-22-21-16(33-17)29-2-1-24/h6,10,13,24H,1-5H2,(H2,18,19)(H,20,25)(H,27,28)/t10?,13-/m1/s1. The number of carbonyl (C=O) groups excluding carboxylic acids is 2. The van der Waals surface area contributed by atoms with E-state index in [1.165, 1.54) is 62.9 Å². The summed E-state index contributed by atoms with van der Waals surface area (Å²) in [6.45, 7) is 0.0464. The van der Waals surface area contributed by atoms with Gasteiger partial charge in [0.25, 0.3) is 5.91 Å². The maximum atomic E-state index is 12.7. The van der Waals surface area contributed by atoms with Crippen molar-refractivity contribution >= 4 is 80.9 Å². The molecule has 2 aliphatic rings. The van der Waals surface area contributed by atoms with Crippen LogP contribution in [0.2, 0.25) is 0 Å². The largest absolute Gasteiger partial charge is 0.477 e. The summed E-state index contributed by atoms with van der Waals surface area (Å²) in [7, 11) is 0. The van der Waals surface area contributed by atoms with Crippen molar-refractivity contribution < 1.29 is 24.6 Å². The van der Waals surface area contributed by atoms with Crippen LogP contribution in [-0.4, -0.2) is 83.4 Å². The van der Waals surface area contributed by atoms with E-state index >= 15 is 0 Å². The Balaban J connectivity index is 1.39. The number of thiazole rings is 1. The van der Waals surface area contributed by atoms with Gasteiger partial charge in [-0.15, -0.1) is 33.3 Å². The fraction of sp³-hybridized carbons (Fsp3) is 0.412. The predicted octanol–water partition coefficient (Wildman–Crippen LogP) is 0.735. The Hall–Kier alpha value is -1.85. The summed E-state index contributed by atoms with van der Waals surface area (Å²) >= 11 is 6.77. The van der Waals surface area contributed by atoms with Crippen LogP contribution in [0.25, 0.3) is 0 Å². The Morgan fingerprint density at radius 2 is 2.06 bits per heavy atom. The highest BCUT2D eigenvalue weighted by Crippen LogP contribution is 2.42. The van der Waals surface area contributed by atoms with Crippen molar-refractivity contribution in [1.82, 2.24) is 25.4 Å². The summed E-state index contributed by atoms with van der Waals surface area (Å²) in [5.41, 5.74) is 6.68. The van der Waals surface area contributed by atoms with E-state index in [1.807, 2.05) is 0 Å². The van der Waals surface area contributed by atoms with Gasteiger partial charge in [0, 0.05) is 22.6 Å². The molecule has 0 bridgehead atoms. The van der Waals surface area contributed by atoms with E-state index in [9.17, 15) is 19.5 Å². The lowest BCUT2D eigenvalue weighted by molar-refractivity contribution is -0.150. The third-order valence-electron chi connectivity index (χ3n) is 4.55. The normalized spacial score (nSPS) is 19.9. The number of nitrogen functional groups attached to an aromatic ring is 1. The smallest absolute Gasteiger partial charge is 0.352 e. The SMILES string of the molecule is Nc1nc(CC(=O)NC2C(=O)N3C(C(=O)O)=C(CSc4nnc(SCCO)s4)CS[C@H]23)cs1. The van der Waals surface area contributed by atoms with Crippen LogP contribution < -0.4 is 11.1 Å². The number of nitrogens with two attached hydrogens (primary N) is 1. The van der Waals surface area contributed by atoms with Crippen LogP contribution >= 0.6 is 58.0 Å². The molecule has 0 saturated carbocycles. The highest BCUT2D eigenvalue weighted by atomic mass is 32.2. The Morgan fingerprint density at radius 1 is 1.30 bits per heavy atom. The zero-order chi connectivity index (χ0) is 23.5. The van der Waals surface area contributed by atoms with Crippen molar-refractivity contribution in [3.8, 4) is 0 Å². The molecule has 2 atom stereocenters. The highest BCUT2D eigenvalue weighted by molar-refractivity contribution is 8.03. The van der Waals surface area contributed by atoms with Gasteiger partial charge in [-0.3, -0.25) is 14.5 Å². The van der Waals surface area contributed by atoms with Crippen LogP contribution in [0.5, 0.6) is 0 Å². The van der Waals surface area contributed by atoms with Gasteiger partial charge in [0.2, 0.25) is 5.91 Å². The molecule has 1 saturated heterocycles. The number of thioether (sulfide) groups is 3. The van der Waals surface area contributed by atoms with E-state index in [-0.39, 0.29) is 24.6 Å². The van der Waals surface area contributed by atoms with Gasteiger partial charge in [0.15, 0.2) is 13.8 Å². The van der Waals surface area contributed by atoms with Crippen molar-refractivity contribution in [2.24, 2.45) is 0 Å². The van der Waals surface area contributed by atoms with Crippen LogP contribution in [-0.2, 0) is 20.8 Å². The molecule has 1 fully saturated rings. The molecule has 0 spiro atoms. The molecule has 5 N–H and O–H groups in total. The minimum atomic E-state index is -1.18. The van der Waals surface area contributed by atoms with E-state index in [4.69, 9.17) is 10.8 Å². The van der Waals surface area contributed by atoms with E-state index in [2.05, 4.69) is 20.5 Å². The number of anilines is 1. The van der Waals surface area contributed by atoms with Gasteiger partial charge in [-0.05, 0) is 5.57 Å². The molecule has 0 radical (unpaired) electrons. The Kier molecular flexibility index (Phi) is 7.80. The molecule has 1 unspecified atom stereocenters. The number of carbonyl (C=O) groups is 3. The predicted molar refractivity (Wildman–Crippen MR) is 128 cm³/mol. The number of hydrogen-bond donors (Lipinski definition) is 4. The first-order valence-corrected chi connectivity index (χ1v) is 14.2. The number of hydrogen-bond acceptors (Lipinski definition) is 13. The lowest BCUT2D eigenvalue weighted by Gasteiger charge is -2.49. The maximum absolute atomic E-state index is 12.7. The van der Waals surface area contributed by atoms with E-state index in [1.54, 1.807) is 5.38 Å². The van der Waals surface area contributed by atoms with Gasteiger partial charge < -0.3 is 21.3 Å². The molecule has 2 aromatic rings. The molecule has 4 rings (SSSR count). The molecule has 0 aliphatic carbocycles. The van der Waals surface area contributed by atoms with Gasteiger partial charge in [0.05, 0.1) is 18.7 Å². The Morgan fingerprint density at radius 3 is 2.73 bits per heavy atom. The Bertz CT molecular complexity index is 1100. The maximum Gasteiger partial charge on any atom is 0.352 e. The number of nitrogens with zero attached hydrogens (tertiary/aromatic N) is 4. The molecule has 16 heteroatoms. The first-order chi connectivity index (χ1) is 15.9. The minimum Gasteiger partial charge on any atom is -0.477 e. The van der Waals surface area contributed by atoms with Crippen molar-refractivity contribution in [3.05, 3.63) is 22.3 Å². The Labute approximate surface area is 208 Å². The molecule has 4 heterocycles. The van der Waals surface area contributed by atoms with Crippen LogP contribution in [0, 0.1) is 0 Å². The number of aromatic nitrogens is 3. The molecule has 11 nitrogen and oxygen atoms in total. The number of aliphatic hydroxyl groups excluding tert-OH is 1. The molecule has 176 valence electrons. The number of carboxylic acid groups (broad SMARTS) is 1. The average Bonchev–Trinajstić information content (AvgIpc) is 3.42. The summed E-state index contributed by atoms with van der Waals surface area (Å²) in [5.74, 6) is -0.693. The second kappa shape index (κ2) is 10.6. The number of β-lactam (4-membered cyclic amide) rings is 1. The molecule has 2 aromatic heterocycles. The first-order valence-electron chi connectivity index (χ1n) is 9.46. The number of amides is 2. The summed E-state index contributed by atoms with van der Waals surface area (Å²) in [6.07, 6.45) is -0.00118. The highest BCUT2D eigenvalue weighted by Gasteiger charge is 2.54. The van der Waals surface area contributed by atoms with Gasteiger partial charge >= 0.3 is 5.97 Å². The first kappa shape index (κ1) is 24.3. The molecule has 0 aromatic carbocycles. The zero-order valence-electron chi connectivity index (χ0n) is 16.8. The number of aliphatic hydroxyl groups is 1. The summed E-state index contributed by atoms with van der Waals surface area (Å²) in [6, 6.07) is -0.781. The summed E-state index contributed by atoms with van der Waals surface area (Å²) < 4.78 is 1.41. The summed E-state index contributed by atoms with van der Waals surface area (Å²) in [5, 5.41) is 31.1. The fourth-order valence-electron chi connectivity index (χ4n) is 3.18. The molecular weight excluding hydrogens is 529 g/mol. The topological polar surface area (TPSA) is 172 Å². The minimum absolute atomic E-state index is 0.00118. The van der Waals surface area contributed by atoms with Gasteiger partial charge in [-0.25, -0.2) is 9.78 Å². The monoisotopic (exact) mass is 546 g/mol. The van der Waals surface area contributed by atoms with Crippen molar-refractivity contribution in [3.63, 3.8) is 0 Å². The lowest BCUT2D eigenvalue weighted by Crippen LogP contribution is -2.70.